The zero-order valence-corrected chi connectivity index (χ0v) is 41.8. The molecule has 0 aromatic carbocycles. The van der Waals surface area contributed by atoms with Crippen molar-refractivity contribution in [3.63, 3.8) is 0 Å². The van der Waals surface area contributed by atoms with Crippen molar-refractivity contribution >= 4 is 17.9 Å². The topological polar surface area (TPSA) is 78.9 Å². The minimum absolute atomic E-state index is 0.0643. The van der Waals surface area contributed by atoms with E-state index in [1.54, 1.807) is 0 Å². The minimum atomic E-state index is -0.760. The summed E-state index contributed by atoms with van der Waals surface area (Å²) in [6, 6.07) is 0. The molecule has 0 fully saturated rings. The number of unbranched alkanes of at least 4 members (excludes halogenated alkanes) is 33. The first-order valence-electron chi connectivity index (χ1n) is 27.3. The number of hydrogen-bond donors (Lipinski definition) is 0. The molecular weight excluding hydrogens is 757 g/mol. The SMILES string of the molecule is CCCCCCCC(=O)OC[C@H](COC(=O)CCCCCCCCCCCCCCCCCCCCC(C)CC)OC(=O)CCCCCCCCCCCCCCCC(C)C. The van der Waals surface area contributed by atoms with Crippen molar-refractivity contribution in [2.24, 2.45) is 11.8 Å². The van der Waals surface area contributed by atoms with E-state index in [1.807, 2.05) is 0 Å². The summed E-state index contributed by atoms with van der Waals surface area (Å²) < 4.78 is 16.7. The lowest BCUT2D eigenvalue weighted by molar-refractivity contribution is -0.167. The van der Waals surface area contributed by atoms with Crippen LogP contribution >= 0.6 is 0 Å². The van der Waals surface area contributed by atoms with Crippen molar-refractivity contribution in [3.05, 3.63) is 0 Å². The van der Waals surface area contributed by atoms with Crippen LogP contribution in [0.15, 0.2) is 0 Å². The third-order valence-electron chi connectivity index (χ3n) is 12.8. The Hall–Kier alpha value is -1.59. The number of carbonyl (C=O) groups is 3. The molecule has 0 saturated carbocycles. The van der Waals surface area contributed by atoms with Crippen LogP contribution < -0.4 is 0 Å². The standard InChI is InChI=1S/C55H106O6/c1-6-8-9-33-40-45-53(56)59-48-52(61-55(58)47-42-37-32-28-24-20-16-17-21-25-29-34-38-43-50(3)4)49-60-54(57)46-41-36-31-27-23-19-15-13-11-10-12-14-18-22-26-30-35-39-44-51(5)7-2/h50-52H,6-49H2,1-5H3/t51?,52-/m1/s1. The van der Waals surface area contributed by atoms with Gasteiger partial charge in [-0.3, -0.25) is 14.4 Å². The van der Waals surface area contributed by atoms with Gasteiger partial charge in [0.05, 0.1) is 0 Å². The van der Waals surface area contributed by atoms with E-state index in [2.05, 4.69) is 34.6 Å². The van der Waals surface area contributed by atoms with Gasteiger partial charge in [0.2, 0.25) is 0 Å². The molecule has 0 rings (SSSR count). The van der Waals surface area contributed by atoms with Crippen LogP contribution in [-0.4, -0.2) is 37.2 Å². The van der Waals surface area contributed by atoms with Gasteiger partial charge < -0.3 is 14.2 Å². The first-order valence-corrected chi connectivity index (χ1v) is 27.3. The van der Waals surface area contributed by atoms with Gasteiger partial charge in [-0.25, -0.2) is 0 Å². The molecule has 0 aliphatic heterocycles. The second-order valence-electron chi connectivity index (χ2n) is 19.6. The molecule has 0 heterocycles. The smallest absolute Gasteiger partial charge is 0.306 e. The summed E-state index contributed by atoms with van der Waals surface area (Å²) in [5, 5.41) is 0. The van der Waals surface area contributed by atoms with E-state index in [-0.39, 0.29) is 31.1 Å². The first-order chi connectivity index (χ1) is 29.8. The highest BCUT2D eigenvalue weighted by molar-refractivity contribution is 5.71. The molecule has 61 heavy (non-hydrogen) atoms. The zero-order valence-electron chi connectivity index (χ0n) is 41.8. The molecule has 0 saturated heterocycles. The lowest BCUT2D eigenvalue weighted by Gasteiger charge is -2.18. The maximum Gasteiger partial charge on any atom is 0.306 e. The number of ether oxygens (including phenoxy) is 3. The molecular formula is C55H106O6. The average molecular weight is 863 g/mol. The second-order valence-corrected chi connectivity index (χ2v) is 19.6. The number of esters is 3. The fourth-order valence-electron chi connectivity index (χ4n) is 8.31. The van der Waals surface area contributed by atoms with Crippen LogP contribution in [0.3, 0.4) is 0 Å². The summed E-state index contributed by atoms with van der Waals surface area (Å²) >= 11 is 0. The van der Waals surface area contributed by atoms with Gasteiger partial charge in [0.1, 0.15) is 13.2 Å². The van der Waals surface area contributed by atoms with Crippen LogP contribution in [0.2, 0.25) is 0 Å². The van der Waals surface area contributed by atoms with Crippen LogP contribution in [0.25, 0.3) is 0 Å². The molecule has 0 aliphatic carbocycles. The molecule has 0 aromatic rings. The van der Waals surface area contributed by atoms with Crippen molar-refractivity contribution in [3.8, 4) is 0 Å². The molecule has 2 atom stereocenters. The molecule has 0 aliphatic rings. The quantitative estimate of drug-likeness (QED) is 0.0344. The summed E-state index contributed by atoms with van der Waals surface area (Å²) in [5.74, 6) is 0.889. The van der Waals surface area contributed by atoms with E-state index in [1.165, 1.54) is 186 Å². The molecule has 0 N–H and O–H groups in total. The van der Waals surface area contributed by atoms with Crippen molar-refractivity contribution in [1.29, 1.82) is 0 Å². The van der Waals surface area contributed by atoms with Crippen LogP contribution in [0.1, 0.15) is 304 Å². The third-order valence-corrected chi connectivity index (χ3v) is 12.8. The third kappa shape index (κ3) is 47.7. The van der Waals surface area contributed by atoms with Crippen molar-refractivity contribution < 1.29 is 28.6 Å². The molecule has 0 aromatic heterocycles. The predicted molar refractivity (Wildman–Crippen MR) is 261 cm³/mol. The molecule has 0 radical (unpaired) electrons. The Morgan fingerprint density at radius 2 is 0.623 bits per heavy atom. The lowest BCUT2D eigenvalue weighted by atomic mass is 9.99. The molecule has 0 spiro atoms. The van der Waals surface area contributed by atoms with E-state index in [9.17, 15) is 14.4 Å². The highest BCUT2D eigenvalue weighted by Crippen LogP contribution is 2.18. The van der Waals surface area contributed by atoms with Gasteiger partial charge in [-0.2, -0.15) is 0 Å². The van der Waals surface area contributed by atoms with Crippen LogP contribution in [0, 0.1) is 11.8 Å². The van der Waals surface area contributed by atoms with Crippen molar-refractivity contribution in [2.75, 3.05) is 13.2 Å². The Labute approximate surface area is 380 Å². The van der Waals surface area contributed by atoms with E-state index >= 15 is 0 Å². The van der Waals surface area contributed by atoms with Gasteiger partial charge in [0, 0.05) is 19.3 Å². The van der Waals surface area contributed by atoms with Crippen LogP contribution in [-0.2, 0) is 28.6 Å². The normalized spacial score (nSPS) is 12.5. The summed E-state index contributed by atoms with van der Waals surface area (Å²) in [7, 11) is 0. The Morgan fingerprint density at radius 3 is 0.934 bits per heavy atom. The number of carbonyl (C=O) groups excluding carboxylic acids is 3. The monoisotopic (exact) mass is 863 g/mol. The molecule has 0 bridgehead atoms. The summed E-state index contributed by atoms with van der Waals surface area (Å²) in [6.45, 7) is 11.4. The molecule has 6 nitrogen and oxygen atoms in total. The van der Waals surface area contributed by atoms with Gasteiger partial charge in [0.15, 0.2) is 6.10 Å². The Balaban J connectivity index is 4.05. The fraction of sp³-hybridized carbons (Fsp3) is 0.945. The predicted octanol–water partition coefficient (Wildman–Crippen LogP) is 17.7. The van der Waals surface area contributed by atoms with Crippen LogP contribution in [0.5, 0.6) is 0 Å². The fourth-order valence-corrected chi connectivity index (χ4v) is 8.31. The first kappa shape index (κ1) is 59.4. The summed E-state index contributed by atoms with van der Waals surface area (Å²) in [5.41, 5.74) is 0. The summed E-state index contributed by atoms with van der Waals surface area (Å²) in [4.78, 5) is 37.7. The number of hydrogen-bond acceptors (Lipinski definition) is 6. The Kier molecular flexibility index (Phi) is 46.6. The van der Waals surface area contributed by atoms with E-state index in [0.717, 1.165) is 76.0 Å². The maximum absolute atomic E-state index is 12.7. The summed E-state index contributed by atoms with van der Waals surface area (Å²) in [6.07, 6.45) is 49.8. The van der Waals surface area contributed by atoms with E-state index < -0.39 is 6.10 Å². The van der Waals surface area contributed by atoms with Gasteiger partial charge in [-0.05, 0) is 31.1 Å². The van der Waals surface area contributed by atoms with Gasteiger partial charge in [0.25, 0.3) is 0 Å². The molecule has 0 amide bonds. The minimum Gasteiger partial charge on any atom is -0.462 e. The number of rotatable bonds is 49. The zero-order chi connectivity index (χ0) is 44.7. The maximum atomic E-state index is 12.7. The van der Waals surface area contributed by atoms with Crippen LogP contribution in [0.4, 0.5) is 0 Å². The Morgan fingerprint density at radius 1 is 0.344 bits per heavy atom. The van der Waals surface area contributed by atoms with E-state index in [4.69, 9.17) is 14.2 Å². The Bertz CT molecular complexity index is 933. The van der Waals surface area contributed by atoms with Gasteiger partial charge >= 0.3 is 17.9 Å². The highest BCUT2D eigenvalue weighted by Gasteiger charge is 2.19. The molecule has 6 heteroatoms. The van der Waals surface area contributed by atoms with Crippen molar-refractivity contribution in [1.82, 2.24) is 0 Å². The van der Waals surface area contributed by atoms with E-state index in [0.29, 0.717) is 19.3 Å². The lowest BCUT2D eigenvalue weighted by Crippen LogP contribution is -2.30. The largest absolute Gasteiger partial charge is 0.462 e. The van der Waals surface area contributed by atoms with Crippen molar-refractivity contribution in [2.45, 2.75) is 310 Å². The van der Waals surface area contributed by atoms with Gasteiger partial charge in [-0.15, -0.1) is 0 Å². The molecule has 1 unspecified atom stereocenters. The van der Waals surface area contributed by atoms with Gasteiger partial charge in [-0.1, -0.05) is 266 Å². The highest BCUT2D eigenvalue weighted by atomic mass is 16.6. The molecule has 362 valence electrons. The average Bonchev–Trinajstić information content (AvgIpc) is 3.24. The second kappa shape index (κ2) is 47.9.